The average Bonchev–Trinajstić information content (AvgIpc) is 2.51. The lowest BCUT2D eigenvalue weighted by atomic mass is 10.2. The molecule has 2 aromatic rings. The third kappa shape index (κ3) is 4.15. The maximum Gasteiger partial charge on any atom is 0.146 e. The summed E-state index contributed by atoms with van der Waals surface area (Å²) in [4.78, 5) is 6.36. The number of ether oxygens (including phenoxy) is 1. The number of benzene rings is 2. The first-order chi connectivity index (χ1) is 10.5. The number of aryl methyl sites for hydroxylation is 1. The molecule has 0 fully saturated rings. The van der Waals surface area contributed by atoms with E-state index in [2.05, 4.69) is 11.9 Å². The van der Waals surface area contributed by atoms with Gasteiger partial charge in [-0.15, -0.1) is 0 Å². The normalized spacial score (nSPS) is 11.0. The van der Waals surface area contributed by atoms with Crippen molar-refractivity contribution in [2.24, 2.45) is 4.99 Å². The van der Waals surface area contributed by atoms with Crippen LogP contribution in [0.3, 0.4) is 0 Å². The van der Waals surface area contributed by atoms with E-state index in [0.717, 1.165) is 12.1 Å². The van der Waals surface area contributed by atoms with Gasteiger partial charge in [0, 0.05) is 19.7 Å². The van der Waals surface area contributed by atoms with Gasteiger partial charge < -0.3 is 9.64 Å². The van der Waals surface area contributed by atoms with Crippen molar-refractivity contribution in [1.29, 1.82) is 0 Å². The van der Waals surface area contributed by atoms with Gasteiger partial charge in [0.2, 0.25) is 0 Å². The molecule has 0 heterocycles. The van der Waals surface area contributed by atoms with Crippen LogP contribution in [0.2, 0.25) is 10.0 Å². The van der Waals surface area contributed by atoms with Gasteiger partial charge in [-0.3, -0.25) is 0 Å². The summed E-state index contributed by atoms with van der Waals surface area (Å²) >= 11 is 12.4. The van der Waals surface area contributed by atoms with Gasteiger partial charge in [0.1, 0.15) is 11.5 Å². The number of hydrogen-bond acceptors (Lipinski definition) is 2. The highest BCUT2D eigenvalue weighted by Crippen LogP contribution is 2.36. The van der Waals surface area contributed by atoms with E-state index in [0.29, 0.717) is 27.2 Å². The summed E-state index contributed by atoms with van der Waals surface area (Å²) in [6.07, 6.45) is 1.76. The maximum absolute atomic E-state index is 6.29. The molecule has 2 aromatic carbocycles. The number of para-hydroxylation sites is 1. The lowest BCUT2D eigenvalue weighted by Crippen LogP contribution is -2.14. The van der Waals surface area contributed by atoms with Crippen LogP contribution in [0.4, 0.5) is 5.69 Å². The van der Waals surface area contributed by atoms with Gasteiger partial charge >= 0.3 is 0 Å². The average molecular weight is 337 g/mol. The summed E-state index contributed by atoms with van der Waals surface area (Å²) in [7, 11) is 1.96. The van der Waals surface area contributed by atoms with E-state index in [-0.39, 0.29) is 0 Å². The highest BCUT2D eigenvalue weighted by atomic mass is 35.5. The Morgan fingerprint density at radius 3 is 2.55 bits per heavy atom. The van der Waals surface area contributed by atoms with Crippen molar-refractivity contribution < 1.29 is 4.74 Å². The molecule has 0 aliphatic heterocycles. The number of hydrogen-bond donors (Lipinski definition) is 0. The molecule has 0 amide bonds. The van der Waals surface area contributed by atoms with E-state index in [9.17, 15) is 0 Å². The second kappa shape index (κ2) is 7.52. The first-order valence-corrected chi connectivity index (χ1v) is 7.73. The van der Waals surface area contributed by atoms with Gasteiger partial charge in [-0.1, -0.05) is 35.3 Å². The monoisotopic (exact) mass is 336 g/mol. The zero-order chi connectivity index (χ0) is 16.1. The Balaban J connectivity index is 2.27. The number of rotatable bonds is 5. The Kier molecular flexibility index (Phi) is 5.69. The van der Waals surface area contributed by atoms with Crippen molar-refractivity contribution in [3.05, 3.63) is 52.0 Å². The van der Waals surface area contributed by atoms with Crippen molar-refractivity contribution in [2.45, 2.75) is 13.8 Å². The van der Waals surface area contributed by atoms with Gasteiger partial charge in [-0.25, -0.2) is 4.99 Å². The van der Waals surface area contributed by atoms with Crippen molar-refractivity contribution >= 4 is 35.2 Å². The fourth-order valence-electron chi connectivity index (χ4n) is 1.75. The quantitative estimate of drug-likeness (QED) is 0.516. The van der Waals surface area contributed by atoms with Crippen LogP contribution in [0.15, 0.2) is 41.4 Å². The zero-order valence-electron chi connectivity index (χ0n) is 12.8. The molecule has 0 aliphatic carbocycles. The molecule has 3 nitrogen and oxygen atoms in total. The summed E-state index contributed by atoms with van der Waals surface area (Å²) in [5.74, 6) is 1.27. The van der Waals surface area contributed by atoms with Crippen LogP contribution in [0.1, 0.15) is 12.5 Å². The smallest absolute Gasteiger partial charge is 0.146 e. The standard InChI is InChI=1S/C17H18Cl2N2O/c1-4-21(3)11-20-15-9-12(2)17(10-14(15)19)22-16-8-6-5-7-13(16)18/h5-11H,4H2,1-3H3. The third-order valence-electron chi connectivity index (χ3n) is 3.19. The molecule has 0 N–H and O–H groups in total. The van der Waals surface area contributed by atoms with Gasteiger partial charge in [0.05, 0.1) is 22.1 Å². The van der Waals surface area contributed by atoms with Gasteiger partial charge in [0.15, 0.2) is 0 Å². The van der Waals surface area contributed by atoms with Crippen molar-refractivity contribution in [3.63, 3.8) is 0 Å². The maximum atomic E-state index is 6.29. The number of nitrogens with zero attached hydrogens (tertiary/aromatic N) is 2. The lowest BCUT2D eigenvalue weighted by Gasteiger charge is -2.12. The van der Waals surface area contributed by atoms with Gasteiger partial charge in [0.25, 0.3) is 0 Å². The van der Waals surface area contributed by atoms with Crippen LogP contribution in [-0.2, 0) is 0 Å². The predicted molar refractivity (Wildman–Crippen MR) is 94.2 cm³/mol. The summed E-state index contributed by atoms with van der Waals surface area (Å²) in [5, 5.41) is 1.10. The van der Waals surface area contributed by atoms with Crippen molar-refractivity contribution in [3.8, 4) is 11.5 Å². The zero-order valence-corrected chi connectivity index (χ0v) is 14.3. The molecule has 0 unspecified atom stereocenters. The first-order valence-electron chi connectivity index (χ1n) is 6.98. The molecule has 116 valence electrons. The Bertz CT molecular complexity index is 686. The highest BCUT2D eigenvalue weighted by Gasteiger charge is 2.09. The molecule has 0 spiro atoms. The molecular weight excluding hydrogens is 319 g/mol. The molecule has 5 heteroatoms. The van der Waals surface area contributed by atoms with E-state index in [1.165, 1.54) is 0 Å². The highest BCUT2D eigenvalue weighted by molar-refractivity contribution is 6.33. The summed E-state index contributed by atoms with van der Waals surface area (Å²) in [6.45, 7) is 4.89. The predicted octanol–water partition coefficient (Wildman–Crippen LogP) is 5.71. The Labute approximate surface area is 141 Å². The number of halogens is 2. The van der Waals surface area contributed by atoms with E-state index >= 15 is 0 Å². The van der Waals surface area contributed by atoms with Crippen LogP contribution in [0, 0.1) is 6.92 Å². The van der Waals surface area contributed by atoms with Crippen LogP contribution in [0.5, 0.6) is 11.5 Å². The minimum atomic E-state index is 0.536. The molecule has 0 aliphatic rings. The minimum Gasteiger partial charge on any atom is -0.455 e. The second-order valence-electron chi connectivity index (χ2n) is 4.92. The summed E-state index contributed by atoms with van der Waals surface area (Å²) < 4.78 is 5.84. The Morgan fingerprint density at radius 2 is 1.86 bits per heavy atom. The molecule has 22 heavy (non-hydrogen) atoms. The van der Waals surface area contributed by atoms with Crippen LogP contribution in [0.25, 0.3) is 0 Å². The molecule has 2 rings (SSSR count). The van der Waals surface area contributed by atoms with E-state index in [4.69, 9.17) is 27.9 Å². The van der Waals surface area contributed by atoms with Crippen molar-refractivity contribution in [2.75, 3.05) is 13.6 Å². The van der Waals surface area contributed by atoms with E-state index < -0.39 is 0 Å². The van der Waals surface area contributed by atoms with Gasteiger partial charge in [-0.05, 0) is 37.6 Å². The molecule has 0 saturated carbocycles. The first kappa shape index (κ1) is 16.7. The van der Waals surface area contributed by atoms with Crippen LogP contribution in [-0.4, -0.2) is 24.8 Å². The SMILES string of the molecule is CCN(C)C=Nc1cc(C)c(Oc2ccccc2Cl)cc1Cl. The molecule has 0 aromatic heterocycles. The molecular formula is C17H18Cl2N2O. The fraction of sp³-hybridized carbons (Fsp3) is 0.235. The fourth-order valence-corrected chi connectivity index (χ4v) is 2.12. The molecule has 0 saturated heterocycles. The largest absolute Gasteiger partial charge is 0.455 e. The summed E-state index contributed by atoms with van der Waals surface area (Å²) in [5.41, 5.74) is 1.65. The minimum absolute atomic E-state index is 0.536. The van der Waals surface area contributed by atoms with Crippen LogP contribution >= 0.6 is 23.2 Å². The Morgan fingerprint density at radius 1 is 1.14 bits per heavy atom. The molecule has 0 bridgehead atoms. The van der Waals surface area contributed by atoms with Crippen LogP contribution < -0.4 is 4.74 Å². The number of aliphatic imine (C=N–C) groups is 1. The topological polar surface area (TPSA) is 24.8 Å². The van der Waals surface area contributed by atoms with Crippen molar-refractivity contribution in [1.82, 2.24) is 4.90 Å². The Hall–Kier alpha value is -1.71. The lowest BCUT2D eigenvalue weighted by molar-refractivity contribution is 0.479. The molecule has 0 radical (unpaired) electrons. The van der Waals surface area contributed by atoms with E-state index in [1.807, 2.05) is 43.1 Å². The third-order valence-corrected chi connectivity index (χ3v) is 3.81. The summed E-state index contributed by atoms with van der Waals surface area (Å²) in [6, 6.07) is 11.0. The second-order valence-corrected chi connectivity index (χ2v) is 5.73. The van der Waals surface area contributed by atoms with Gasteiger partial charge in [-0.2, -0.15) is 0 Å². The molecule has 0 atom stereocenters. The van der Waals surface area contributed by atoms with E-state index in [1.54, 1.807) is 18.5 Å².